The number of furan rings is 1. The van der Waals surface area contributed by atoms with Crippen LogP contribution in [-0.2, 0) is 11.3 Å². The van der Waals surface area contributed by atoms with Crippen LogP contribution >= 0.6 is 22.6 Å². The summed E-state index contributed by atoms with van der Waals surface area (Å²) in [5, 5.41) is 13.0. The van der Waals surface area contributed by atoms with Crippen molar-refractivity contribution in [3.05, 3.63) is 52.0 Å². The topological polar surface area (TPSA) is 54.6 Å². The van der Waals surface area contributed by atoms with E-state index in [1.165, 1.54) is 0 Å². The SMILES string of the molecule is OC(CNc1ccccc1I)COCc1ccco1. The number of halogens is 1. The zero-order chi connectivity index (χ0) is 13.5. The van der Waals surface area contributed by atoms with Crippen molar-refractivity contribution in [2.45, 2.75) is 12.7 Å². The Balaban J connectivity index is 1.67. The van der Waals surface area contributed by atoms with Gasteiger partial charge in [-0.2, -0.15) is 0 Å². The predicted octanol–water partition coefficient (Wildman–Crippen LogP) is 2.87. The molecule has 5 heteroatoms. The van der Waals surface area contributed by atoms with Crippen LogP contribution in [-0.4, -0.2) is 24.4 Å². The number of para-hydroxylation sites is 1. The van der Waals surface area contributed by atoms with Crippen molar-refractivity contribution in [2.24, 2.45) is 0 Å². The highest BCUT2D eigenvalue weighted by Gasteiger charge is 2.06. The second kappa shape index (κ2) is 7.52. The number of rotatable bonds is 7. The first-order valence-electron chi connectivity index (χ1n) is 6.02. The zero-order valence-corrected chi connectivity index (χ0v) is 12.5. The van der Waals surface area contributed by atoms with E-state index < -0.39 is 6.10 Å². The Bertz CT molecular complexity index is 487. The number of ether oxygens (including phenoxy) is 1. The van der Waals surface area contributed by atoms with E-state index in [9.17, 15) is 5.11 Å². The quantitative estimate of drug-likeness (QED) is 0.733. The largest absolute Gasteiger partial charge is 0.467 e. The number of hydrogen-bond donors (Lipinski definition) is 2. The average molecular weight is 373 g/mol. The van der Waals surface area contributed by atoms with E-state index in [0.29, 0.717) is 13.2 Å². The van der Waals surface area contributed by atoms with Crippen molar-refractivity contribution in [1.82, 2.24) is 0 Å². The molecule has 19 heavy (non-hydrogen) atoms. The van der Waals surface area contributed by atoms with Gasteiger partial charge in [0.2, 0.25) is 0 Å². The van der Waals surface area contributed by atoms with Gasteiger partial charge in [0, 0.05) is 15.8 Å². The Labute approximate surface area is 125 Å². The number of nitrogens with one attached hydrogen (secondary N) is 1. The van der Waals surface area contributed by atoms with E-state index in [1.54, 1.807) is 6.26 Å². The molecule has 0 radical (unpaired) electrons. The fraction of sp³-hybridized carbons (Fsp3) is 0.286. The first kappa shape index (κ1) is 14.4. The summed E-state index contributed by atoms with van der Waals surface area (Å²) < 4.78 is 11.6. The molecule has 0 saturated heterocycles. The van der Waals surface area contributed by atoms with Crippen LogP contribution in [0.2, 0.25) is 0 Å². The molecule has 0 aliphatic heterocycles. The van der Waals surface area contributed by atoms with E-state index in [0.717, 1.165) is 15.0 Å². The summed E-state index contributed by atoms with van der Waals surface area (Å²) in [6, 6.07) is 11.6. The van der Waals surface area contributed by atoms with Crippen LogP contribution in [0.3, 0.4) is 0 Å². The molecule has 1 heterocycles. The maximum absolute atomic E-state index is 9.81. The summed E-state index contributed by atoms with van der Waals surface area (Å²) in [5.74, 6) is 0.762. The number of hydrogen-bond acceptors (Lipinski definition) is 4. The Kier molecular flexibility index (Phi) is 5.68. The molecule has 0 amide bonds. The normalized spacial score (nSPS) is 12.3. The molecule has 0 bridgehead atoms. The van der Waals surface area contributed by atoms with Crippen LogP contribution in [0, 0.1) is 3.57 Å². The molecule has 0 fully saturated rings. The van der Waals surface area contributed by atoms with Gasteiger partial charge in [-0.25, -0.2) is 0 Å². The molecular formula is C14H16INO3. The molecule has 2 N–H and O–H groups in total. The van der Waals surface area contributed by atoms with Crippen molar-refractivity contribution < 1.29 is 14.3 Å². The smallest absolute Gasteiger partial charge is 0.129 e. The van der Waals surface area contributed by atoms with Crippen molar-refractivity contribution >= 4 is 28.3 Å². The molecule has 2 rings (SSSR count). The summed E-state index contributed by atoms with van der Waals surface area (Å²) in [5.41, 5.74) is 1.02. The predicted molar refractivity (Wildman–Crippen MR) is 82.0 cm³/mol. The standard InChI is InChI=1S/C14H16INO3/c15-13-5-1-2-6-14(13)16-8-11(17)9-18-10-12-4-3-7-19-12/h1-7,11,16-17H,8-10H2. The Morgan fingerprint density at radius 3 is 2.84 bits per heavy atom. The molecule has 0 aliphatic carbocycles. The fourth-order valence-corrected chi connectivity index (χ4v) is 2.16. The Hall–Kier alpha value is -1.05. The molecule has 1 atom stereocenters. The maximum Gasteiger partial charge on any atom is 0.129 e. The average Bonchev–Trinajstić information content (AvgIpc) is 2.91. The molecule has 1 aromatic heterocycles. The zero-order valence-electron chi connectivity index (χ0n) is 10.4. The first-order valence-corrected chi connectivity index (χ1v) is 7.10. The lowest BCUT2D eigenvalue weighted by Gasteiger charge is -2.13. The minimum absolute atomic E-state index is 0.275. The van der Waals surface area contributed by atoms with Crippen molar-refractivity contribution in [3.8, 4) is 0 Å². The van der Waals surface area contributed by atoms with Gasteiger partial charge in [-0.3, -0.25) is 0 Å². The highest BCUT2D eigenvalue weighted by Crippen LogP contribution is 2.16. The second-order valence-electron chi connectivity index (χ2n) is 4.11. The lowest BCUT2D eigenvalue weighted by molar-refractivity contribution is 0.0282. The van der Waals surface area contributed by atoms with Crippen LogP contribution in [0.25, 0.3) is 0 Å². The molecule has 0 spiro atoms. The Morgan fingerprint density at radius 1 is 1.26 bits per heavy atom. The van der Waals surface area contributed by atoms with Crippen LogP contribution in [0.15, 0.2) is 47.1 Å². The number of anilines is 1. The van der Waals surface area contributed by atoms with Crippen molar-refractivity contribution in [3.63, 3.8) is 0 Å². The van der Waals surface area contributed by atoms with Gasteiger partial charge >= 0.3 is 0 Å². The molecule has 102 valence electrons. The Morgan fingerprint density at radius 2 is 2.11 bits per heavy atom. The monoisotopic (exact) mass is 373 g/mol. The third kappa shape index (κ3) is 4.85. The van der Waals surface area contributed by atoms with E-state index >= 15 is 0 Å². The van der Waals surface area contributed by atoms with Crippen LogP contribution < -0.4 is 5.32 Å². The molecule has 0 saturated carbocycles. The third-order valence-electron chi connectivity index (χ3n) is 2.54. The van der Waals surface area contributed by atoms with Crippen LogP contribution in [0.4, 0.5) is 5.69 Å². The summed E-state index contributed by atoms with van der Waals surface area (Å²) in [7, 11) is 0. The van der Waals surface area contributed by atoms with Gasteiger partial charge in [-0.05, 0) is 46.9 Å². The molecule has 1 aromatic carbocycles. The van der Waals surface area contributed by atoms with Gasteiger partial charge in [-0.1, -0.05) is 12.1 Å². The fourth-order valence-electron chi connectivity index (χ4n) is 1.58. The molecule has 2 aromatic rings. The van der Waals surface area contributed by atoms with Gasteiger partial charge in [-0.15, -0.1) is 0 Å². The lowest BCUT2D eigenvalue weighted by atomic mass is 10.3. The van der Waals surface area contributed by atoms with Gasteiger partial charge in [0.05, 0.1) is 19.0 Å². The van der Waals surface area contributed by atoms with Crippen LogP contribution in [0.1, 0.15) is 5.76 Å². The van der Waals surface area contributed by atoms with Crippen molar-refractivity contribution in [1.29, 1.82) is 0 Å². The minimum atomic E-state index is -0.550. The van der Waals surface area contributed by atoms with Gasteiger partial charge < -0.3 is 19.6 Å². The first-order chi connectivity index (χ1) is 9.25. The van der Waals surface area contributed by atoms with Crippen LogP contribution in [0.5, 0.6) is 0 Å². The van der Waals surface area contributed by atoms with E-state index in [-0.39, 0.29) is 6.61 Å². The second-order valence-corrected chi connectivity index (χ2v) is 5.27. The minimum Gasteiger partial charge on any atom is -0.467 e. The lowest BCUT2D eigenvalue weighted by Crippen LogP contribution is -2.25. The molecule has 1 unspecified atom stereocenters. The summed E-state index contributed by atoms with van der Waals surface area (Å²) in [4.78, 5) is 0. The van der Waals surface area contributed by atoms with Gasteiger partial charge in [0.15, 0.2) is 0 Å². The molecule has 0 aliphatic rings. The summed E-state index contributed by atoms with van der Waals surface area (Å²) in [6.45, 7) is 1.11. The van der Waals surface area contributed by atoms with Crippen molar-refractivity contribution in [2.75, 3.05) is 18.5 Å². The molecular weight excluding hydrogens is 357 g/mol. The number of aliphatic hydroxyl groups excluding tert-OH is 1. The third-order valence-corrected chi connectivity index (χ3v) is 3.48. The van der Waals surface area contributed by atoms with E-state index in [1.807, 2.05) is 36.4 Å². The summed E-state index contributed by atoms with van der Waals surface area (Å²) >= 11 is 2.26. The maximum atomic E-state index is 9.81. The van der Waals surface area contributed by atoms with E-state index in [4.69, 9.17) is 9.15 Å². The number of aliphatic hydroxyl groups is 1. The highest BCUT2D eigenvalue weighted by atomic mass is 127. The highest BCUT2D eigenvalue weighted by molar-refractivity contribution is 14.1. The van der Waals surface area contributed by atoms with E-state index in [2.05, 4.69) is 27.9 Å². The van der Waals surface area contributed by atoms with Gasteiger partial charge in [0.1, 0.15) is 12.4 Å². The summed E-state index contributed by atoms with van der Waals surface area (Å²) in [6.07, 6.45) is 1.06. The number of benzene rings is 1. The molecule has 4 nitrogen and oxygen atoms in total. The van der Waals surface area contributed by atoms with Gasteiger partial charge in [0.25, 0.3) is 0 Å².